The van der Waals surface area contributed by atoms with Crippen LogP contribution in [0.25, 0.3) is 0 Å². The minimum absolute atomic E-state index is 0.551. The molecule has 0 aliphatic carbocycles. The predicted molar refractivity (Wildman–Crippen MR) is 76.5 cm³/mol. The lowest BCUT2D eigenvalue weighted by molar-refractivity contribution is 0.339. The zero-order chi connectivity index (χ0) is 13.7. The second-order valence-electron chi connectivity index (χ2n) is 3.79. The van der Waals surface area contributed by atoms with Crippen LogP contribution in [0.4, 0.5) is 0 Å². The Hall–Kier alpha value is -1.99. The summed E-state index contributed by atoms with van der Waals surface area (Å²) >= 11 is 3.35. The molecule has 96 valence electrons. The van der Waals surface area contributed by atoms with Crippen LogP contribution in [-0.2, 0) is 0 Å². The standard InChI is InChI=1S/C15H12BrNO2/c1-2-18-13-3-5-14(6-4-13)19-15-8-11(10-17)7-12(16)9-15/h3-9H,2H2,1H3. The summed E-state index contributed by atoms with van der Waals surface area (Å²) in [5, 5.41) is 8.91. The molecule has 0 radical (unpaired) electrons. The third-order valence-corrected chi connectivity index (χ3v) is 2.83. The summed E-state index contributed by atoms with van der Waals surface area (Å²) < 4.78 is 11.9. The van der Waals surface area contributed by atoms with Gasteiger partial charge in [-0.25, -0.2) is 0 Å². The Labute approximate surface area is 120 Å². The van der Waals surface area contributed by atoms with Crippen molar-refractivity contribution in [2.24, 2.45) is 0 Å². The highest BCUT2D eigenvalue weighted by molar-refractivity contribution is 9.10. The Balaban J connectivity index is 2.17. The van der Waals surface area contributed by atoms with Crippen molar-refractivity contribution >= 4 is 15.9 Å². The van der Waals surface area contributed by atoms with E-state index in [0.29, 0.717) is 23.7 Å². The molecular formula is C15H12BrNO2. The number of hydrogen-bond acceptors (Lipinski definition) is 3. The van der Waals surface area contributed by atoms with Gasteiger partial charge in [0.2, 0.25) is 0 Å². The van der Waals surface area contributed by atoms with E-state index in [1.54, 1.807) is 12.1 Å². The van der Waals surface area contributed by atoms with Crippen LogP contribution in [0.3, 0.4) is 0 Å². The highest BCUT2D eigenvalue weighted by atomic mass is 79.9. The van der Waals surface area contributed by atoms with Crippen LogP contribution >= 0.6 is 15.9 Å². The van der Waals surface area contributed by atoms with Crippen LogP contribution in [0.5, 0.6) is 17.2 Å². The van der Waals surface area contributed by atoms with Crippen molar-refractivity contribution < 1.29 is 9.47 Å². The second kappa shape index (κ2) is 6.26. The van der Waals surface area contributed by atoms with E-state index in [2.05, 4.69) is 22.0 Å². The first-order valence-corrected chi connectivity index (χ1v) is 6.62. The average molecular weight is 318 g/mol. The molecule has 0 atom stereocenters. The zero-order valence-electron chi connectivity index (χ0n) is 10.4. The Morgan fingerprint density at radius 2 is 1.74 bits per heavy atom. The van der Waals surface area contributed by atoms with Gasteiger partial charge in [0.25, 0.3) is 0 Å². The van der Waals surface area contributed by atoms with Gasteiger partial charge in [0.05, 0.1) is 18.2 Å². The number of nitriles is 1. The first kappa shape index (κ1) is 13.4. The van der Waals surface area contributed by atoms with E-state index in [-0.39, 0.29) is 0 Å². The van der Waals surface area contributed by atoms with E-state index >= 15 is 0 Å². The fourth-order valence-corrected chi connectivity index (χ4v) is 2.07. The molecule has 0 saturated heterocycles. The minimum atomic E-state index is 0.551. The molecular weight excluding hydrogens is 306 g/mol. The molecule has 2 aromatic carbocycles. The van der Waals surface area contributed by atoms with Crippen LogP contribution in [0, 0.1) is 11.3 Å². The molecule has 2 aromatic rings. The van der Waals surface area contributed by atoms with E-state index < -0.39 is 0 Å². The van der Waals surface area contributed by atoms with E-state index in [4.69, 9.17) is 14.7 Å². The van der Waals surface area contributed by atoms with Crippen LogP contribution in [0.1, 0.15) is 12.5 Å². The minimum Gasteiger partial charge on any atom is -0.494 e. The molecule has 0 aliphatic heterocycles. The van der Waals surface area contributed by atoms with Gasteiger partial charge in [-0.3, -0.25) is 0 Å². The average Bonchev–Trinajstić information content (AvgIpc) is 2.40. The lowest BCUT2D eigenvalue weighted by Crippen LogP contribution is -1.91. The van der Waals surface area contributed by atoms with Crippen molar-refractivity contribution in [1.82, 2.24) is 0 Å². The summed E-state index contributed by atoms with van der Waals surface area (Å²) in [7, 11) is 0. The van der Waals surface area contributed by atoms with Crippen molar-refractivity contribution in [2.75, 3.05) is 6.61 Å². The molecule has 0 unspecified atom stereocenters. The molecule has 0 heterocycles. The SMILES string of the molecule is CCOc1ccc(Oc2cc(Br)cc(C#N)c2)cc1. The Kier molecular flexibility index (Phi) is 4.43. The number of hydrogen-bond donors (Lipinski definition) is 0. The maximum Gasteiger partial charge on any atom is 0.129 e. The first-order valence-electron chi connectivity index (χ1n) is 5.82. The molecule has 0 amide bonds. The second-order valence-corrected chi connectivity index (χ2v) is 4.71. The van der Waals surface area contributed by atoms with E-state index in [9.17, 15) is 0 Å². The van der Waals surface area contributed by atoms with Crippen molar-refractivity contribution in [3.8, 4) is 23.3 Å². The number of nitrogens with zero attached hydrogens (tertiary/aromatic N) is 1. The molecule has 0 bridgehead atoms. The normalized spacial score (nSPS) is 9.74. The first-order chi connectivity index (χ1) is 9.21. The molecule has 0 N–H and O–H groups in total. The van der Waals surface area contributed by atoms with Crippen LogP contribution in [0.2, 0.25) is 0 Å². The topological polar surface area (TPSA) is 42.2 Å². The molecule has 0 aromatic heterocycles. The third kappa shape index (κ3) is 3.73. The fraction of sp³-hybridized carbons (Fsp3) is 0.133. The lowest BCUT2D eigenvalue weighted by atomic mass is 10.2. The van der Waals surface area contributed by atoms with Crippen LogP contribution < -0.4 is 9.47 Å². The molecule has 0 spiro atoms. The zero-order valence-corrected chi connectivity index (χ0v) is 12.0. The fourth-order valence-electron chi connectivity index (χ4n) is 1.59. The largest absolute Gasteiger partial charge is 0.494 e. The van der Waals surface area contributed by atoms with Gasteiger partial charge in [0, 0.05) is 4.47 Å². The summed E-state index contributed by atoms with van der Waals surface area (Å²) in [6.07, 6.45) is 0. The van der Waals surface area contributed by atoms with Crippen LogP contribution in [-0.4, -0.2) is 6.61 Å². The highest BCUT2D eigenvalue weighted by Gasteiger charge is 2.02. The van der Waals surface area contributed by atoms with Crippen molar-refractivity contribution in [3.63, 3.8) is 0 Å². The monoisotopic (exact) mass is 317 g/mol. The van der Waals surface area contributed by atoms with Gasteiger partial charge in [-0.1, -0.05) is 15.9 Å². The molecule has 2 rings (SSSR count). The van der Waals surface area contributed by atoms with E-state index in [1.807, 2.05) is 37.3 Å². The molecule has 4 heteroatoms. The summed E-state index contributed by atoms with van der Waals surface area (Å²) in [4.78, 5) is 0. The molecule has 0 saturated carbocycles. The summed E-state index contributed by atoms with van der Waals surface area (Å²) in [6, 6.07) is 14.7. The highest BCUT2D eigenvalue weighted by Crippen LogP contribution is 2.27. The van der Waals surface area contributed by atoms with Gasteiger partial charge < -0.3 is 9.47 Å². The number of ether oxygens (including phenoxy) is 2. The number of rotatable bonds is 4. The van der Waals surface area contributed by atoms with Crippen LogP contribution in [0.15, 0.2) is 46.9 Å². The predicted octanol–water partition coefficient (Wildman–Crippen LogP) is 4.51. The maximum absolute atomic E-state index is 8.91. The molecule has 19 heavy (non-hydrogen) atoms. The van der Waals surface area contributed by atoms with Gasteiger partial charge in [-0.15, -0.1) is 0 Å². The Morgan fingerprint density at radius 1 is 1.05 bits per heavy atom. The Morgan fingerprint density at radius 3 is 2.37 bits per heavy atom. The molecule has 3 nitrogen and oxygen atoms in total. The lowest BCUT2D eigenvalue weighted by Gasteiger charge is -2.08. The van der Waals surface area contributed by atoms with Gasteiger partial charge in [-0.05, 0) is 49.4 Å². The third-order valence-electron chi connectivity index (χ3n) is 2.37. The van der Waals surface area contributed by atoms with E-state index in [1.165, 1.54) is 0 Å². The smallest absolute Gasteiger partial charge is 0.129 e. The van der Waals surface area contributed by atoms with Gasteiger partial charge >= 0.3 is 0 Å². The van der Waals surface area contributed by atoms with Gasteiger partial charge in [0.15, 0.2) is 0 Å². The molecule has 0 fully saturated rings. The van der Waals surface area contributed by atoms with Gasteiger partial charge in [-0.2, -0.15) is 5.26 Å². The van der Waals surface area contributed by atoms with E-state index in [0.717, 1.165) is 10.2 Å². The van der Waals surface area contributed by atoms with Crippen molar-refractivity contribution in [1.29, 1.82) is 5.26 Å². The number of benzene rings is 2. The molecule has 0 aliphatic rings. The van der Waals surface area contributed by atoms with Crippen molar-refractivity contribution in [3.05, 3.63) is 52.5 Å². The van der Waals surface area contributed by atoms with Crippen molar-refractivity contribution in [2.45, 2.75) is 6.92 Å². The Bertz CT molecular complexity index is 603. The van der Waals surface area contributed by atoms with Gasteiger partial charge in [0.1, 0.15) is 17.2 Å². The summed E-state index contributed by atoms with van der Waals surface area (Å²) in [6.45, 7) is 2.58. The summed E-state index contributed by atoms with van der Waals surface area (Å²) in [5.41, 5.74) is 0.551. The number of halogens is 1. The summed E-state index contributed by atoms with van der Waals surface area (Å²) in [5.74, 6) is 2.13. The maximum atomic E-state index is 8.91. The quantitative estimate of drug-likeness (QED) is 0.833.